The van der Waals surface area contributed by atoms with Crippen LogP contribution < -0.4 is 11.1 Å². The minimum absolute atomic E-state index is 0.349. The Morgan fingerprint density at radius 3 is 2.11 bits per heavy atom. The number of aromatic amines is 2. The standard InChI is InChI=1S/C33H33N5/c34-14-2-1-4-28-18-27-11-10-25(19-31(27)36-28)23-8-6-22-17-24(9-7-21(22)16-23)26-12-13-29-32(20-26)38-33(37-29)30-5-3-15-35-30/h6-13,16-20,30,35-36H,1-5,14-15,34H2,(H,37,38)/t30-/m0/s1. The fraction of sp³-hybridized carbons (Fsp3) is 0.242. The molecule has 1 aliphatic rings. The van der Waals surface area contributed by atoms with Gasteiger partial charge in [0.05, 0.1) is 17.1 Å². The molecule has 1 aliphatic heterocycles. The SMILES string of the molecule is NCCCCc1cc2ccc(-c3ccc4cc(-c5ccc6nc([C@@H]7CCCN7)[nH]c6c5)ccc4c3)cc2[nH]1. The average Bonchev–Trinajstić information content (AvgIpc) is 3.71. The largest absolute Gasteiger partial charge is 0.358 e. The summed E-state index contributed by atoms with van der Waals surface area (Å²) in [5.74, 6) is 1.06. The third-order valence-corrected chi connectivity index (χ3v) is 7.98. The molecular weight excluding hydrogens is 466 g/mol. The van der Waals surface area contributed by atoms with Gasteiger partial charge in [-0.05, 0) is 120 Å². The third kappa shape index (κ3) is 4.38. The van der Waals surface area contributed by atoms with Crippen molar-refractivity contribution < 1.29 is 0 Å². The van der Waals surface area contributed by atoms with Crippen molar-refractivity contribution in [1.29, 1.82) is 0 Å². The Balaban J connectivity index is 1.16. The highest BCUT2D eigenvalue weighted by molar-refractivity contribution is 5.93. The van der Waals surface area contributed by atoms with Crippen LogP contribution in [0.15, 0.2) is 78.9 Å². The van der Waals surface area contributed by atoms with Crippen molar-refractivity contribution in [2.24, 2.45) is 5.73 Å². The number of aromatic nitrogens is 3. The smallest absolute Gasteiger partial charge is 0.124 e. The summed E-state index contributed by atoms with van der Waals surface area (Å²) in [5.41, 5.74) is 15.2. The van der Waals surface area contributed by atoms with Gasteiger partial charge in [0, 0.05) is 11.2 Å². The Morgan fingerprint density at radius 1 is 0.711 bits per heavy atom. The normalized spacial score (nSPS) is 15.8. The molecular formula is C33H33N5. The van der Waals surface area contributed by atoms with E-state index in [1.165, 1.54) is 56.0 Å². The first-order valence-corrected chi connectivity index (χ1v) is 13.8. The van der Waals surface area contributed by atoms with E-state index in [0.29, 0.717) is 6.04 Å². The van der Waals surface area contributed by atoms with Crippen molar-refractivity contribution in [3.63, 3.8) is 0 Å². The molecule has 0 aliphatic carbocycles. The number of nitrogens with one attached hydrogen (secondary N) is 3. The lowest BCUT2D eigenvalue weighted by Gasteiger charge is -2.08. The molecule has 1 saturated heterocycles. The van der Waals surface area contributed by atoms with Crippen LogP contribution in [0.25, 0.3) is 55.0 Å². The monoisotopic (exact) mass is 499 g/mol. The highest BCUT2D eigenvalue weighted by Crippen LogP contribution is 2.32. The Bertz CT molecular complexity index is 1750. The molecule has 6 aromatic rings. The van der Waals surface area contributed by atoms with Crippen molar-refractivity contribution in [2.75, 3.05) is 13.1 Å². The summed E-state index contributed by atoms with van der Waals surface area (Å²) >= 11 is 0. The van der Waals surface area contributed by atoms with Crippen LogP contribution in [0.1, 0.15) is 43.2 Å². The quantitative estimate of drug-likeness (QED) is 0.175. The number of benzene rings is 4. The molecule has 38 heavy (non-hydrogen) atoms. The Hall–Kier alpha value is -3.93. The van der Waals surface area contributed by atoms with E-state index in [4.69, 9.17) is 10.7 Å². The summed E-state index contributed by atoms with van der Waals surface area (Å²) < 4.78 is 0. The summed E-state index contributed by atoms with van der Waals surface area (Å²) in [6.07, 6.45) is 5.59. The Morgan fingerprint density at radius 2 is 1.39 bits per heavy atom. The van der Waals surface area contributed by atoms with Gasteiger partial charge in [-0.1, -0.05) is 42.5 Å². The molecule has 1 atom stereocenters. The molecule has 5 heteroatoms. The maximum atomic E-state index is 5.65. The fourth-order valence-corrected chi connectivity index (χ4v) is 5.86. The lowest BCUT2D eigenvalue weighted by molar-refractivity contribution is 0.614. The number of unbranched alkanes of at least 4 members (excludes halogenated alkanes) is 1. The molecule has 3 heterocycles. The average molecular weight is 500 g/mol. The van der Waals surface area contributed by atoms with E-state index in [0.717, 1.165) is 55.6 Å². The molecule has 0 spiro atoms. The highest BCUT2D eigenvalue weighted by Gasteiger charge is 2.19. The summed E-state index contributed by atoms with van der Waals surface area (Å²) in [4.78, 5) is 12.0. The molecule has 0 unspecified atom stereocenters. The molecule has 2 aromatic heterocycles. The number of imidazole rings is 1. The van der Waals surface area contributed by atoms with Crippen LogP contribution in [0.4, 0.5) is 0 Å². The maximum absolute atomic E-state index is 5.65. The van der Waals surface area contributed by atoms with Crippen molar-refractivity contribution in [1.82, 2.24) is 20.3 Å². The summed E-state index contributed by atoms with van der Waals surface area (Å²) in [6, 6.07) is 29.4. The van der Waals surface area contributed by atoms with Gasteiger partial charge in [0.1, 0.15) is 5.82 Å². The molecule has 0 amide bonds. The number of H-pyrrole nitrogens is 2. The second kappa shape index (κ2) is 9.75. The van der Waals surface area contributed by atoms with Crippen LogP contribution in [-0.2, 0) is 6.42 Å². The molecule has 1 fully saturated rings. The first-order valence-electron chi connectivity index (χ1n) is 13.8. The van der Waals surface area contributed by atoms with Crippen LogP contribution in [0, 0.1) is 0 Å². The van der Waals surface area contributed by atoms with Crippen molar-refractivity contribution in [3.05, 3.63) is 90.4 Å². The van der Waals surface area contributed by atoms with Crippen molar-refractivity contribution >= 4 is 32.7 Å². The number of hydrogen-bond acceptors (Lipinski definition) is 3. The van der Waals surface area contributed by atoms with E-state index in [1.807, 2.05) is 0 Å². The molecule has 0 radical (unpaired) electrons. The maximum Gasteiger partial charge on any atom is 0.124 e. The van der Waals surface area contributed by atoms with Gasteiger partial charge < -0.3 is 21.0 Å². The first kappa shape index (κ1) is 23.2. The minimum Gasteiger partial charge on any atom is -0.358 e. The van der Waals surface area contributed by atoms with E-state index in [1.54, 1.807) is 0 Å². The van der Waals surface area contributed by atoms with Crippen LogP contribution in [-0.4, -0.2) is 28.0 Å². The number of aryl methyl sites for hydroxylation is 1. The van der Waals surface area contributed by atoms with Gasteiger partial charge in [0.25, 0.3) is 0 Å². The lowest BCUT2D eigenvalue weighted by atomic mass is 9.97. The predicted molar refractivity (Wildman–Crippen MR) is 158 cm³/mol. The summed E-state index contributed by atoms with van der Waals surface area (Å²) in [7, 11) is 0. The van der Waals surface area contributed by atoms with Gasteiger partial charge >= 0.3 is 0 Å². The number of fused-ring (bicyclic) bond motifs is 3. The molecule has 5 N–H and O–H groups in total. The molecule has 0 saturated carbocycles. The zero-order valence-electron chi connectivity index (χ0n) is 21.6. The third-order valence-electron chi connectivity index (χ3n) is 7.98. The van der Waals surface area contributed by atoms with E-state index < -0.39 is 0 Å². The summed E-state index contributed by atoms with van der Waals surface area (Å²) in [5, 5.41) is 7.30. The van der Waals surface area contributed by atoms with Gasteiger partial charge in [-0.2, -0.15) is 0 Å². The molecule has 0 bridgehead atoms. The van der Waals surface area contributed by atoms with Gasteiger partial charge in [-0.25, -0.2) is 4.98 Å². The first-order chi connectivity index (χ1) is 18.7. The molecule has 7 rings (SSSR count). The van der Waals surface area contributed by atoms with Crippen LogP contribution in [0.2, 0.25) is 0 Å². The van der Waals surface area contributed by atoms with E-state index >= 15 is 0 Å². The zero-order chi connectivity index (χ0) is 25.5. The fourth-order valence-electron chi connectivity index (χ4n) is 5.86. The van der Waals surface area contributed by atoms with E-state index in [2.05, 4.69) is 94.1 Å². The predicted octanol–water partition coefficient (Wildman–Crippen LogP) is 7.24. The number of nitrogens with two attached hydrogens (primary N) is 1. The Kier molecular flexibility index (Phi) is 5.95. The summed E-state index contributed by atoms with van der Waals surface area (Å²) in [6.45, 7) is 1.83. The van der Waals surface area contributed by atoms with E-state index in [9.17, 15) is 0 Å². The van der Waals surface area contributed by atoms with Gasteiger partial charge in [-0.3, -0.25) is 0 Å². The van der Waals surface area contributed by atoms with Crippen LogP contribution in [0.3, 0.4) is 0 Å². The van der Waals surface area contributed by atoms with Crippen molar-refractivity contribution in [2.45, 2.75) is 38.1 Å². The number of hydrogen-bond donors (Lipinski definition) is 4. The zero-order valence-corrected chi connectivity index (χ0v) is 21.6. The number of rotatable bonds is 7. The molecule has 190 valence electrons. The van der Waals surface area contributed by atoms with Crippen LogP contribution >= 0.6 is 0 Å². The van der Waals surface area contributed by atoms with Gasteiger partial charge in [0.2, 0.25) is 0 Å². The van der Waals surface area contributed by atoms with Crippen LogP contribution in [0.5, 0.6) is 0 Å². The lowest BCUT2D eigenvalue weighted by Crippen LogP contribution is -2.13. The van der Waals surface area contributed by atoms with Crippen molar-refractivity contribution in [3.8, 4) is 22.3 Å². The molecule has 5 nitrogen and oxygen atoms in total. The Labute approximate surface area is 222 Å². The minimum atomic E-state index is 0.349. The van der Waals surface area contributed by atoms with E-state index in [-0.39, 0.29) is 0 Å². The highest BCUT2D eigenvalue weighted by atomic mass is 15.0. The van der Waals surface area contributed by atoms with Gasteiger partial charge in [0.15, 0.2) is 0 Å². The molecule has 4 aromatic carbocycles. The number of nitrogens with zero attached hydrogens (tertiary/aromatic N) is 1. The second-order valence-corrected chi connectivity index (χ2v) is 10.6. The van der Waals surface area contributed by atoms with Gasteiger partial charge in [-0.15, -0.1) is 0 Å². The second-order valence-electron chi connectivity index (χ2n) is 10.6. The topological polar surface area (TPSA) is 82.5 Å².